The molecule has 0 fully saturated rings. The van der Waals surface area contributed by atoms with E-state index in [9.17, 15) is 9.50 Å². The number of fused-ring (bicyclic) bond motifs is 1. The predicted octanol–water partition coefficient (Wildman–Crippen LogP) is 2.40. The van der Waals surface area contributed by atoms with Crippen LogP contribution in [0.4, 0.5) is 4.39 Å². The Bertz CT molecular complexity index is 341. The Morgan fingerprint density at radius 1 is 1.54 bits per heavy atom. The molecule has 0 unspecified atom stereocenters. The first-order chi connectivity index (χ1) is 6.20. The van der Waals surface area contributed by atoms with Crippen LogP contribution in [0.25, 0.3) is 0 Å². The van der Waals surface area contributed by atoms with Crippen LogP contribution >= 0.6 is 15.9 Å². The molecule has 0 saturated heterocycles. The van der Waals surface area contributed by atoms with Gasteiger partial charge in [0.2, 0.25) is 0 Å². The van der Waals surface area contributed by atoms with E-state index in [4.69, 9.17) is 4.74 Å². The summed E-state index contributed by atoms with van der Waals surface area (Å²) in [6.07, 6.45) is -0.304. The number of hydrogen-bond donors (Lipinski definition) is 1. The maximum Gasteiger partial charge on any atom is 0.142 e. The summed E-state index contributed by atoms with van der Waals surface area (Å²) in [6.45, 7) is 0.427. The van der Waals surface area contributed by atoms with Gasteiger partial charge in [-0.15, -0.1) is 0 Å². The van der Waals surface area contributed by atoms with Crippen LogP contribution in [0.15, 0.2) is 16.6 Å². The number of hydrogen-bond acceptors (Lipinski definition) is 2. The van der Waals surface area contributed by atoms with Crippen molar-refractivity contribution in [2.24, 2.45) is 0 Å². The first-order valence-corrected chi connectivity index (χ1v) is 4.78. The highest BCUT2D eigenvalue weighted by Crippen LogP contribution is 2.39. The molecule has 1 heterocycles. The number of rotatable bonds is 0. The van der Waals surface area contributed by atoms with Crippen LogP contribution in [-0.4, -0.2) is 11.7 Å². The molecule has 0 amide bonds. The van der Waals surface area contributed by atoms with Crippen LogP contribution in [0.2, 0.25) is 0 Å². The summed E-state index contributed by atoms with van der Waals surface area (Å²) in [5.41, 5.74) is 0.264. The smallest absolute Gasteiger partial charge is 0.142 e. The molecule has 1 N–H and O–H groups in total. The lowest BCUT2D eigenvalue weighted by Crippen LogP contribution is -2.15. The maximum absolute atomic E-state index is 13.2. The number of ether oxygens (including phenoxy) is 1. The summed E-state index contributed by atoms with van der Waals surface area (Å²) in [4.78, 5) is 0. The Hall–Kier alpha value is -0.610. The average Bonchev–Trinajstić information content (AvgIpc) is 2.12. The molecule has 4 heteroatoms. The molecule has 0 spiro atoms. The van der Waals surface area contributed by atoms with Gasteiger partial charge in [0.05, 0.1) is 22.7 Å². The summed E-state index contributed by atoms with van der Waals surface area (Å²) in [5, 5.41) is 9.53. The van der Waals surface area contributed by atoms with Crippen molar-refractivity contribution in [2.75, 3.05) is 6.61 Å². The van der Waals surface area contributed by atoms with E-state index < -0.39 is 11.9 Å². The van der Waals surface area contributed by atoms with Crippen molar-refractivity contribution < 1.29 is 14.2 Å². The second-order valence-electron chi connectivity index (χ2n) is 2.92. The van der Waals surface area contributed by atoms with Gasteiger partial charge in [-0.05, 0) is 28.1 Å². The Morgan fingerprint density at radius 2 is 2.31 bits per heavy atom. The van der Waals surface area contributed by atoms with Gasteiger partial charge < -0.3 is 9.84 Å². The Kier molecular flexibility index (Phi) is 2.26. The SMILES string of the molecule is O[C@@H]1CCOc2c(Br)ccc(F)c21. The van der Waals surface area contributed by atoms with Crippen molar-refractivity contribution in [2.45, 2.75) is 12.5 Å². The fraction of sp³-hybridized carbons (Fsp3) is 0.333. The van der Waals surface area contributed by atoms with E-state index in [0.717, 1.165) is 0 Å². The van der Waals surface area contributed by atoms with Crippen LogP contribution in [0, 0.1) is 5.82 Å². The van der Waals surface area contributed by atoms with Crippen LogP contribution in [0.3, 0.4) is 0 Å². The third kappa shape index (κ3) is 1.44. The zero-order valence-electron chi connectivity index (χ0n) is 6.76. The van der Waals surface area contributed by atoms with E-state index in [-0.39, 0.29) is 5.56 Å². The van der Waals surface area contributed by atoms with Crippen molar-refractivity contribution in [3.8, 4) is 5.75 Å². The van der Waals surface area contributed by atoms with Gasteiger partial charge in [0, 0.05) is 6.42 Å². The van der Waals surface area contributed by atoms with Crippen molar-refractivity contribution in [1.29, 1.82) is 0 Å². The summed E-state index contributed by atoms with van der Waals surface area (Å²) in [6, 6.07) is 2.90. The third-order valence-corrected chi connectivity index (χ3v) is 2.69. The van der Waals surface area contributed by atoms with Gasteiger partial charge in [0.25, 0.3) is 0 Å². The molecular weight excluding hydrogens is 239 g/mol. The lowest BCUT2D eigenvalue weighted by atomic mass is 10.0. The van der Waals surface area contributed by atoms with Gasteiger partial charge in [-0.1, -0.05) is 0 Å². The molecule has 1 aromatic rings. The zero-order valence-corrected chi connectivity index (χ0v) is 8.34. The second kappa shape index (κ2) is 3.27. The molecule has 2 rings (SSSR count). The molecule has 0 aliphatic carbocycles. The van der Waals surface area contributed by atoms with Crippen molar-refractivity contribution >= 4 is 15.9 Å². The molecule has 0 radical (unpaired) electrons. The van der Waals surface area contributed by atoms with Gasteiger partial charge >= 0.3 is 0 Å². The largest absolute Gasteiger partial charge is 0.492 e. The highest BCUT2D eigenvalue weighted by atomic mass is 79.9. The van der Waals surface area contributed by atoms with Crippen LogP contribution in [-0.2, 0) is 0 Å². The quantitative estimate of drug-likeness (QED) is 0.762. The molecule has 0 bridgehead atoms. The van der Waals surface area contributed by atoms with Crippen molar-refractivity contribution in [3.63, 3.8) is 0 Å². The lowest BCUT2D eigenvalue weighted by Gasteiger charge is -2.23. The van der Waals surface area contributed by atoms with E-state index in [1.54, 1.807) is 6.07 Å². The highest BCUT2D eigenvalue weighted by molar-refractivity contribution is 9.10. The Morgan fingerprint density at radius 3 is 3.00 bits per heavy atom. The van der Waals surface area contributed by atoms with E-state index in [0.29, 0.717) is 23.2 Å². The van der Waals surface area contributed by atoms with E-state index in [2.05, 4.69) is 15.9 Å². The van der Waals surface area contributed by atoms with E-state index in [1.807, 2.05) is 0 Å². The van der Waals surface area contributed by atoms with Crippen LogP contribution < -0.4 is 4.74 Å². The fourth-order valence-corrected chi connectivity index (χ4v) is 1.88. The lowest BCUT2D eigenvalue weighted by molar-refractivity contribution is 0.110. The summed E-state index contributed by atoms with van der Waals surface area (Å²) < 4.78 is 19.2. The van der Waals surface area contributed by atoms with E-state index >= 15 is 0 Å². The second-order valence-corrected chi connectivity index (χ2v) is 3.78. The number of aliphatic hydroxyl groups is 1. The zero-order chi connectivity index (χ0) is 9.42. The average molecular weight is 247 g/mol. The standard InChI is InChI=1S/C9H8BrFO2/c10-5-1-2-6(11)8-7(12)3-4-13-9(5)8/h1-2,7,12H,3-4H2/t7-/m1/s1. The minimum Gasteiger partial charge on any atom is -0.492 e. The normalized spacial score (nSPS) is 20.7. The Balaban J connectivity index is 2.60. The van der Waals surface area contributed by atoms with Crippen LogP contribution in [0.1, 0.15) is 18.1 Å². The molecule has 1 aromatic carbocycles. The van der Waals surface area contributed by atoms with Crippen LogP contribution in [0.5, 0.6) is 5.75 Å². The number of benzene rings is 1. The number of halogens is 2. The molecule has 0 saturated carbocycles. The van der Waals surface area contributed by atoms with Crippen molar-refractivity contribution in [3.05, 3.63) is 28.0 Å². The minimum absolute atomic E-state index is 0.264. The molecule has 1 atom stereocenters. The van der Waals surface area contributed by atoms with Crippen molar-refractivity contribution in [1.82, 2.24) is 0 Å². The van der Waals surface area contributed by atoms with Gasteiger partial charge in [0.15, 0.2) is 0 Å². The third-order valence-electron chi connectivity index (χ3n) is 2.07. The summed E-state index contributed by atoms with van der Waals surface area (Å²) in [7, 11) is 0. The van der Waals surface area contributed by atoms with Gasteiger partial charge in [-0.2, -0.15) is 0 Å². The molecule has 70 valence electrons. The molecular formula is C9H8BrFO2. The first-order valence-electron chi connectivity index (χ1n) is 3.99. The summed E-state index contributed by atoms with van der Waals surface area (Å²) in [5.74, 6) is 0.0177. The molecule has 2 nitrogen and oxygen atoms in total. The van der Waals surface area contributed by atoms with Gasteiger partial charge in [-0.3, -0.25) is 0 Å². The Labute approximate surface area is 83.5 Å². The fourth-order valence-electron chi connectivity index (χ4n) is 1.42. The predicted molar refractivity (Wildman–Crippen MR) is 49.2 cm³/mol. The minimum atomic E-state index is -0.749. The molecule has 1 aliphatic rings. The highest BCUT2D eigenvalue weighted by Gasteiger charge is 2.24. The topological polar surface area (TPSA) is 29.5 Å². The van der Waals surface area contributed by atoms with Gasteiger partial charge in [-0.25, -0.2) is 4.39 Å². The molecule has 1 aliphatic heterocycles. The number of aliphatic hydroxyl groups excluding tert-OH is 1. The monoisotopic (exact) mass is 246 g/mol. The molecule has 0 aromatic heterocycles. The van der Waals surface area contributed by atoms with Gasteiger partial charge in [0.1, 0.15) is 11.6 Å². The maximum atomic E-state index is 13.2. The first kappa shape index (κ1) is 8.97. The summed E-state index contributed by atoms with van der Waals surface area (Å²) >= 11 is 3.24. The van der Waals surface area contributed by atoms with E-state index in [1.165, 1.54) is 6.07 Å². The molecule has 13 heavy (non-hydrogen) atoms.